The number of anilines is 1. The van der Waals surface area contributed by atoms with Crippen molar-refractivity contribution in [1.29, 1.82) is 0 Å². The van der Waals surface area contributed by atoms with Crippen molar-refractivity contribution in [2.45, 2.75) is 0 Å². The van der Waals surface area contributed by atoms with Crippen LogP contribution in [0, 0.1) is 0 Å². The number of rotatable bonds is 4. The highest BCUT2D eigenvalue weighted by atomic mass is 35.5. The number of hydrogen-bond acceptors (Lipinski definition) is 5. The fourth-order valence-corrected chi connectivity index (χ4v) is 3.54. The molecule has 4 rings (SSSR count). The monoisotopic (exact) mass is 428 g/mol. The van der Waals surface area contributed by atoms with Crippen LogP contribution in [0.25, 0.3) is 6.08 Å². The molecular formula is C22H21ClN2O5. The first-order chi connectivity index (χ1) is 14.6. The Labute approximate surface area is 179 Å². The average molecular weight is 429 g/mol. The number of halogens is 1. The van der Waals surface area contributed by atoms with Gasteiger partial charge in [0.1, 0.15) is 13.2 Å². The molecule has 0 spiro atoms. The predicted molar refractivity (Wildman–Crippen MR) is 113 cm³/mol. The van der Waals surface area contributed by atoms with Gasteiger partial charge in [0.05, 0.1) is 18.2 Å². The molecule has 2 aromatic carbocycles. The smallest absolute Gasteiger partial charge is 0.254 e. The average Bonchev–Trinajstić information content (AvgIpc) is 2.78. The lowest BCUT2D eigenvalue weighted by atomic mass is 10.1. The zero-order valence-electron chi connectivity index (χ0n) is 16.2. The van der Waals surface area contributed by atoms with E-state index in [1.807, 2.05) is 0 Å². The highest BCUT2D eigenvalue weighted by Gasteiger charge is 2.19. The van der Waals surface area contributed by atoms with E-state index in [9.17, 15) is 9.59 Å². The van der Waals surface area contributed by atoms with E-state index in [1.165, 1.54) is 6.08 Å². The second-order valence-electron chi connectivity index (χ2n) is 6.83. The standard InChI is InChI=1S/C22H21ClN2O5/c23-18-12-15(13-19-21(18)30-11-10-29-19)4-5-20(26)24-17-3-1-2-16(14-17)22(27)25-6-8-28-9-7-25/h1-5,12-14H,6-11H2,(H,24,26)/b5-4+. The van der Waals surface area contributed by atoms with Gasteiger partial charge in [-0.3, -0.25) is 9.59 Å². The van der Waals surface area contributed by atoms with Crippen LogP contribution in [-0.4, -0.2) is 56.2 Å². The third-order valence-electron chi connectivity index (χ3n) is 4.72. The minimum absolute atomic E-state index is 0.0733. The number of ether oxygens (including phenoxy) is 3. The number of amides is 2. The Morgan fingerprint density at radius 3 is 2.67 bits per heavy atom. The van der Waals surface area contributed by atoms with Gasteiger partial charge >= 0.3 is 0 Å². The predicted octanol–water partition coefficient (Wildman–Crippen LogP) is 3.24. The van der Waals surface area contributed by atoms with Crippen LogP contribution in [0.1, 0.15) is 15.9 Å². The molecule has 156 valence electrons. The van der Waals surface area contributed by atoms with Gasteiger partial charge < -0.3 is 24.4 Å². The third kappa shape index (κ3) is 4.75. The molecule has 1 N–H and O–H groups in total. The Hall–Kier alpha value is -3.03. The maximum Gasteiger partial charge on any atom is 0.254 e. The number of morpholine rings is 1. The molecule has 30 heavy (non-hydrogen) atoms. The largest absolute Gasteiger partial charge is 0.486 e. The molecule has 2 amide bonds. The van der Waals surface area contributed by atoms with E-state index >= 15 is 0 Å². The summed E-state index contributed by atoms with van der Waals surface area (Å²) >= 11 is 6.22. The van der Waals surface area contributed by atoms with Crippen LogP contribution in [-0.2, 0) is 9.53 Å². The van der Waals surface area contributed by atoms with Crippen LogP contribution in [0.3, 0.4) is 0 Å². The highest BCUT2D eigenvalue weighted by Crippen LogP contribution is 2.38. The van der Waals surface area contributed by atoms with Crippen LogP contribution in [0.2, 0.25) is 5.02 Å². The van der Waals surface area contributed by atoms with Gasteiger partial charge in [-0.1, -0.05) is 17.7 Å². The summed E-state index contributed by atoms with van der Waals surface area (Å²) in [5, 5.41) is 3.21. The number of carbonyl (C=O) groups is 2. The van der Waals surface area contributed by atoms with Gasteiger partial charge in [-0.2, -0.15) is 0 Å². The van der Waals surface area contributed by atoms with Crippen molar-refractivity contribution in [1.82, 2.24) is 4.90 Å². The molecule has 7 nitrogen and oxygen atoms in total. The lowest BCUT2D eigenvalue weighted by Gasteiger charge is -2.27. The summed E-state index contributed by atoms with van der Waals surface area (Å²) in [6, 6.07) is 10.4. The van der Waals surface area contributed by atoms with Gasteiger partial charge in [0, 0.05) is 30.4 Å². The minimum atomic E-state index is -0.322. The molecule has 1 saturated heterocycles. The number of nitrogens with zero attached hydrogens (tertiary/aromatic N) is 1. The number of hydrogen-bond donors (Lipinski definition) is 1. The SMILES string of the molecule is O=C(/C=C/c1cc(Cl)c2c(c1)OCCO2)Nc1cccc(C(=O)N2CCOCC2)c1. The van der Waals surface area contributed by atoms with Crippen LogP contribution >= 0.6 is 11.6 Å². The van der Waals surface area contributed by atoms with Gasteiger partial charge in [0.15, 0.2) is 11.5 Å². The molecule has 1 fully saturated rings. The van der Waals surface area contributed by atoms with E-state index in [-0.39, 0.29) is 11.8 Å². The molecule has 0 bridgehead atoms. The summed E-state index contributed by atoms with van der Waals surface area (Å²) in [7, 11) is 0. The second kappa shape index (κ2) is 9.19. The molecule has 2 aromatic rings. The summed E-state index contributed by atoms with van der Waals surface area (Å²) < 4.78 is 16.3. The Morgan fingerprint density at radius 2 is 1.83 bits per heavy atom. The lowest BCUT2D eigenvalue weighted by molar-refractivity contribution is -0.111. The fourth-order valence-electron chi connectivity index (χ4n) is 3.26. The van der Waals surface area contributed by atoms with Crippen LogP contribution < -0.4 is 14.8 Å². The van der Waals surface area contributed by atoms with E-state index in [2.05, 4.69) is 5.32 Å². The molecule has 0 atom stereocenters. The molecule has 2 aliphatic heterocycles. The number of fused-ring (bicyclic) bond motifs is 1. The highest BCUT2D eigenvalue weighted by molar-refractivity contribution is 6.32. The van der Waals surface area contributed by atoms with E-state index in [0.29, 0.717) is 67.3 Å². The van der Waals surface area contributed by atoms with Crippen molar-refractivity contribution in [3.8, 4) is 11.5 Å². The zero-order valence-corrected chi connectivity index (χ0v) is 17.0. The minimum Gasteiger partial charge on any atom is -0.486 e. The lowest BCUT2D eigenvalue weighted by Crippen LogP contribution is -2.40. The van der Waals surface area contributed by atoms with Crippen LogP contribution in [0.15, 0.2) is 42.5 Å². The number of nitrogens with one attached hydrogen (secondary N) is 1. The van der Waals surface area contributed by atoms with Crippen molar-refractivity contribution in [2.75, 3.05) is 44.8 Å². The Kier molecular flexibility index (Phi) is 6.21. The quantitative estimate of drug-likeness (QED) is 0.756. The molecule has 2 heterocycles. The first-order valence-corrected chi connectivity index (χ1v) is 10.0. The summed E-state index contributed by atoms with van der Waals surface area (Å²) in [5.74, 6) is 0.683. The van der Waals surface area contributed by atoms with Crippen molar-refractivity contribution < 1.29 is 23.8 Å². The molecule has 0 aromatic heterocycles. The van der Waals surface area contributed by atoms with Crippen molar-refractivity contribution in [2.24, 2.45) is 0 Å². The van der Waals surface area contributed by atoms with E-state index < -0.39 is 0 Å². The number of benzene rings is 2. The van der Waals surface area contributed by atoms with E-state index in [1.54, 1.807) is 47.4 Å². The van der Waals surface area contributed by atoms with E-state index in [0.717, 1.165) is 5.56 Å². The first kappa shape index (κ1) is 20.3. The number of carbonyl (C=O) groups excluding carboxylic acids is 2. The first-order valence-electron chi connectivity index (χ1n) is 9.65. The van der Waals surface area contributed by atoms with E-state index in [4.69, 9.17) is 25.8 Å². The summed E-state index contributed by atoms with van der Waals surface area (Å²) in [6.07, 6.45) is 3.04. The molecule has 0 aliphatic carbocycles. The summed E-state index contributed by atoms with van der Waals surface area (Å²) in [4.78, 5) is 26.7. The van der Waals surface area contributed by atoms with Gasteiger partial charge in [0.25, 0.3) is 5.91 Å². The normalized spacial score (nSPS) is 15.8. The Morgan fingerprint density at radius 1 is 1.03 bits per heavy atom. The topological polar surface area (TPSA) is 77.1 Å². The zero-order chi connectivity index (χ0) is 20.9. The molecule has 0 unspecified atom stereocenters. The maximum atomic E-state index is 12.6. The summed E-state index contributed by atoms with van der Waals surface area (Å²) in [5.41, 5.74) is 1.79. The van der Waals surface area contributed by atoms with Gasteiger partial charge in [-0.25, -0.2) is 0 Å². The Balaban J connectivity index is 1.42. The third-order valence-corrected chi connectivity index (χ3v) is 5.00. The van der Waals surface area contributed by atoms with Gasteiger partial charge in [-0.15, -0.1) is 0 Å². The molecule has 0 saturated carbocycles. The van der Waals surface area contributed by atoms with Crippen molar-refractivity contribution >= 4 is 35.2 Å². The van der Waals surface area contributed by atoms with Crippen molar-refractivity contribution in [3.05, 3.63) is 58.6 Å². The molecule has 8 heteroatoms. The van der Waals surface area contributed by atoms with Crippen LogP contribution in [0.5, 0.6) is 11.5 Å². The fraction of sp³-hybridized carbons (Fsp3) is 0.273. The Bertz CT molecular complexity index is 985. The second-order valence-corrected chi connectivity index (χ2v) is 7.24. The maximum absolute atomic E-state index is 12.6. The van der Waals surface area contributed by atoms with Crippen LogP contribution in [0.4, 0.5) is 5.69 Å². The van der Waals surface area contributed by atoms with Gasteiger partial charge in [0.2, 0.25) is 5.91 Å². The van der Waals surface area contributed by atoms with Crippen molar-refractivity contribution in [3.63, 3.8) is 0 Å². The molecular weight excluding hydrogens is 408 g/mol. The summed E-state index contributed by atoms with van der Waals surface area (Å²) in [6.45, 7) is 3.12. The molecule has 0 radical (unpaired) electrons. The van der Waals surface area contributed by atoms with Gasteiger partial charge in [-0.05, 0) is 42.0 Å². The molecule has 2 aliphatic rings.